The molecule has 0 aliphatic carbocycles. The van der Waals surface area contributed by atoms with E-state index in [2.05, 4.69) is 13.2 Å². The number of likely N-dealkylation sites (N-methyl/N-ethyl adjacent to an activating group) is 1. The zero-order valence-corrected chi connectivity index (χ0v) is 8.36. The molecule has 0 spiro atoms. The van der Waals surface area contributed by atoms with Crippen LogP contribution < -0.4 is 5.11 Å². The van der Waals surface area contributed by atoms with Crippen LogP contribution in [-0.2, 0) is 9.59 Å². The predicted octanol–water partition coefficient (Wildman–Crippen LogP) is -0.528. The van der Waals surface area contributed by atoms with Crippen LogP contribution in [0.25, 0.3) is 0 Å². The van der Waals surface area contributed by atoms with Crippen molar-refractivity contribution < 1.29 is 19.2 Å². The van der Waals surface area contributed by atoms with Gasteiger partial charge in [0.1, 0.15) is 13.1 Å². The first-order valence-corrected chi connectivity index (χ1v) is 4.37. The van der Waals surface area contributed by atoms with Gasteiger partial charge in [-0.3, -0.25) is 0 Å². The molecule has 0 saturated carbocycles. The highest BCUT2D eigenvalue weighted by molar-refractivity contribution is 6.27. The van der Waals surface area contributed by atoms with Crippen LogP contribution >= 0.6 is 0 Å². The topological polar surface area (TPSA) is 57.2 Å². The highest BCUT2D eigenvalue weighted by atomic mass is 16.4. The van der Waals surface area contributed by atoms with Crippen molar-refractivity contribution in [3.63, 3.8) is 0 Å². The molecule has 14 heavy (non-hydrogen) atoms. The van der Waals surface area contributed by atoms with Crippen molar-refractivity contribution in [1.82, 2.24) is 0 Å². The third kappa shape index (κ3) is 2.53. The standard InChI is InChI=1S/C10H15NO3/c1-4-7-11(6-3,8-5-2)9(12)10(13)14/h4-5H,1-2,6-8H2,3H3. The molecule has 0 N–H and O–H groups in total. The lowest BCUT2D eigenvalue weighted by atomic mass is 10.3. The van der Waals surface area contributed by atoms with E-state index in [-0.39, 0.29) is 17.6 Å². The molecule has 0 atom stereocenters. The molecule has 0 aromatic carbocycles. The lowest BCUT2D eigenvalue weighted by Gasteiger charge is -2.32. The first-order valence-electron chi connectivity index (χ1n) is 4.37. The maximum absolute atomic E-state index is 11.4. The number of aliphatic carboxylic acids is 1. The Kier molecular flexibility index (Phi) is 4.80. The second-order valence-corrected chi connectivity index (χ2v) is 3.00. The van der Waals surface area contributed by atoms with Gasteiger partial charge < -0.3 is 9.90 Å². The van der Waals surface area contributed by atoms with Crippen molar-refractivity contribution in [3.8, 4) is 0 Å². The molecule has 0 aliphatic heterocycles. The molecule has 0 radical (unpaired) electrons. The molecule has 0 aromatic rings. The van der Waals surface area contributed by atoms with E-state index in [0.717, 1.165) is 0 Å². The van der Waals surface area contributed by atoms with Crippen molar-refractivity contribution in [2.24, 2.45) is 0 Å². The summed E-state index contributed by atoms with van der Waals surface area (Å²) in [6, 6.07) is 0. The van der Waals surface area contributed by atoms with Gasteiger partial charge in [-0.15, -0.1) is 0 Å². The van der Waals surface area contributed by atoms with Gasteiger partial charge in [0.15, 0.2) is 5.97 Å². The lowest BCUT2D eigenvalue weighted by molar-refractivity contribution is -0.838. The summed E-state index contributed by atoms with van der Waals surface area (Å²) in [5.41, 5.74) is 0. The Labute approximate surface area is 83.7 Å². The third-order valence-corrected chi connectivity index (χ3v) is 2.17. The second-order valence-electron chi connectivity index (χ2n) is 3.00. The Bertz CT molecular complexity index is 248. The zero-order valence-electron chi connectivity index (χ0n) is 8.36. The summed E-state index contributed by atoms with van der Waals surface area (Å²) in [4.78, 5) is 21.9. The molecule has 4 heteroatoms. The minimum absolute atomic E-state index is 0.213. The van der Waals surface area contributed by atoms with Crippen LogP contribution in [0.2, 0.25) is 0 Å². The van der Waals surface area contributed by atoms with Gasteiger partial charge in [0.05, 0.1) is 6.54 Å². The minimum Gasteiger partial charge on any atom is -0.537 e. The monoisotopic (exact) mass is 197 g/mol. The summed E-state index contributed by atoms with van der Waals surface area (Å²) in [7, 11) is 0. The summed E-state index contributed by atoms with van der Waals surface area (Å²) in [5, 5.41) is 10.5. The van der Waals surface area contributed by atoms with E-state index in [4.69, 9.17) is 0 Å². The van der Waals surface area contributed by atoms with E-state index in [9.17, 15) is 14.7 Å². The molecular formula is C10H15NO3. The van der Waals surface area contributed by atoms with E-state index in [1.807, 2.05) is 0 Å². The van der Waals surface area contributed by atoms with E-state index in [1.54, 1.807) is 6.92 Å². The lowest BCUT2D eigenvalue weighted by Crippen LogP contribution is -2.58. The molecular weight excluding hydrogens is 182 g/mol. The quantitative estimate of drug-likeness (QED) is 0.338. The van der Waals surface area contributed by atoms with Crippen molar-refractivity contribution in [3.05, 3.63) is 25.3 Å². The largest absolute Gasteiger partial charge is 0.537 e. The van der Waals surface area contributed by atoms with Crippen LogP contribution in [0.4, 0.5) is 0 Å². The van der Waals surface area contributed by atoms with Gasteiger partial charge in [-0.25, -0.2) is 9.28 Å². The Balaban J connectivity index is 4.99. The van der Waals surface area contributed by atoms with Gasteiger partial charge in [0.25, 0.3) is 0 Å². The van der Waals surface area contributed by atoms with Gasteiger partial charge in [-0.1, -0.05) is 13.2 Å². The van der Waals surface area contributed by atoms with Crippen LogP contribution in [0.15, 0.2) is 25.3 Å². The van der Waals surface area contributed by atoms with Crippen molar-refractivity contribution in [2.75, 3.05) is 19.6 Å². The number of rotatable bonds is 5. The molecule has 1 amide bonds. The summed E-state index contributed by atoms with van der Waals surface area (Å²) < 4.78 is -0.213. The molecule has 4 nitrogen and oxygen atoms in total. The van der Waals surface area contributed by atoms with E-state index < -0.39 is 11.9 Å². The number of carboxylic acid groups (broad SMARTS) is 1. The van der Waals surface area contributed by atoms with E-state index in [1.165, 1.54) is 12.2 Å². The number of hydrogen-bond acceptors (Lipinski definition) is 3. The fourth-order valence-corrected chi connectivity index (χ4v) is 1.33. The van der Waals surface area contributed by atoms with Crippen molar-refractivity contribution in [2.45, 2.75) is 6.92 Å². The Morgan fingerprint density at radius 1 is 1.29 bits per heavy atom. The van der Waals surface area contributed by atoms with Gasteiger partial charge in [-0.2, -0.15) is 0 Å². The number of amides is 1. The molecule has 0 aromatic heterocycles. The molecule has 0 unspecified atom stereocenters. The highest BCUT2D eigenvalue weighted by Gasteiger charge is 2.33. The van der Waals surface area contributed by atoms with Crippen LogP contribution in [-0.4, -0.2) is 36.0 Å². The highest BCUT2D eigenvalue weighted by Crippen LogP contribution is 2.07. The number of carbonyl (C=O) groups is 2. The zero-order chi connectivity index (χ0) is 11.2. The predicted molar refractivity (Wildman–Crippen MR) is 50.9 cm³/mol. The van der Waals surface area contributed by atoms with E-state index >= 15 is 0 Å². The SMILES string of the molecule is C=CC[N+](CC)(CC=C)C(=O)C(=O)[O-]. The van der Waals surface area contributed by atoms with Crippen molar-refractivity contribution >= 4 is 11.9 Å². The number of carboxylic acids is 1. The smallest absolute Gasteiger partial charge is 0.362 e. The minimum atomic E-state index is -1.66. The average molecular weight is 197 g/mol. The Morgan fingerprint density at radius 3 is 1.93 bits per heavy atom. The van der Waals surface area contributed by atoms with Crippen molar-refractivity contribution in [1.29, 1.82) is 0 Å². The van der Waals surface area contributed by atoms with E-state index in [0.29, 0.717) is 6.54 Å². The molecule has 0 fully saturated rings. The Morgan fingerprint density at radius 2 is 1.71 bits per heavy atom. The van der Waals surface area contributed by atoms with Gasteiger partial charge in [-0.05, 0) is 19.1 Å². The maximum atomic E-state index is 11.4. The second kappa shape index (κ2) is 5.34. The first kappa shape index (κ1) is 12.6. The fourth-order valence-electron chi connectivity index (χ4n) is 1.33. The summed E-state index contributed by atoms with van der Waals surface area (Å²) >= 11 is 0. The third-order valence-electron chi connectivity index (χ3n) is 2.17. The number of carbonyl (C=O) groups excluding carboxylic acids is 2. The summed E-state index contributed by atoms with van der Waals surface area (Å²) in [6.45, 7) is 9.67. The van der Waals surface area contributed by atoms with Gasteiger partial charge >= 0.3 is 5.91 Å². The first-order chi connectivity index (χ1) is 6.54. The Hall–Kier alpha value is -1.42. The summed E-state index contributed by atoms with van der Waals surface area (Å²) in [5.74, 6) is -2.58. The molecule has 0 bridgehead atoms. The molecule has 0 heterocycles. The van der Waals surface area contributed by atoms with Gasteiger partial charge in [0, 0.05) is 0 Å². The van der Waals surface area contributed by atoms with Crippen LogP contribution in [0.5, 0.6) is 0 Å². The molecule has 0 aliphatic rings. The normalized spacial score (nSPS) is 10.6. The number of quaternary nitrogens is 1. The molecule has 0 saturated heterocycles. The maximum Gasteiger partial charge on any atom is 0.362 e. The fraction of sp³-hybridized carbons (Fsp3) is 0.400. The van der Waals surface area contributed by atoms with Gasteiger partial charge in [0.2, 0.25) is 0 Å². The van der Waals surface area contributed by atoms with Crippen LogP contribution in [0.1, 0.15) is 6.92 Å². The molecule has 0 rings (SSSR count). The molecule has 78 valence electrons. The van der Waals surface area contributed by atoms with Crippen LogP contribution in [0, 0.1) is 0 Å². The summed E-state index contributed by atoms with van der Waals surface area (Å²) in [6.07, 6.45) is 3.04. The number of hydrogen-bond donors (Lipinski definition) is 0. The average Bonchev–Trinajstić information content (AvgIpc) is 2.16. The number of nitrogens with zero attached hydrogens (tertiary/aromatic N) is 1. The van der Waals surface area contributed by atoms with Crippen LogP contribution in [0.3, 0.4) is 0 Å².